The summed E-state index contributed by atoms with van der Waals surface area (Å²) in [5.74, 6) is -0.329. The highest BCUT2D eigenvalue weighted by atomic mass is 16.1. The van der Waals surface area contributed by atoms with Gasteiger partial charge in [-0.25, -0.2) is 4.68 Å². The molecule has 5 nitrogen and oxygen atoms in total. The fourth-order valence-corrected chi connectivity index (χ4v) is 1.30. The van der Waals surface area contributed by atoms with Gasteiger partial charge in [-0.15, -0.1) is 5.10 Å². The van der Waals surface area contributed by atoms with Gasteiger partial charge in [0.25, 0.3) is 0 Å². The van der Waals surface area contributed by atoms with Gasteiger partial charge in [0.05, 0.1) is 12.1 Å². The molecule has 1 aromatic heterocycles. The lowest BCUT2D eigenvalue weighted by Crippen LogP contribution is -2.14. The van der Waals surface area contributed by atoms with Crippen molar-refractivity contribution in [2.24, 2.45) is 5.73 Å². The molecule has 5 heteroatoms. The number of nitrogens with two attached hydrogens (primary N) is 1. The van der Waals surface area contributed by atoms with Crippen LogP contribution in [0.4, 0.5) is 0 Å². The van der Waals surface area contributed by atoms with Gasteiger partial charge >= 0.3 is 0 Å². The van der Waals surface area contributed by atoms with E-state index in [1.807, 2.05) is 24.3 Å². The lowest BCUT2D eigenvalue weighted by Gasteiger charge is -1.98. The van der Waals surface area contributed by atoms with Gasteiger partial charge in [-0.2, -0.15) is 0 Å². The molecule has 0 atom stereocenters. The van der Waals surface area contributed by atoms with E-state index in [1.165, 1.54) is 0 Å². The van der Waals surface area contributed by atoms with E-state index < -0.39 is 0 Å². The Bertz CT molecular complexity index is 463. The summed E-state index contributed by atoms with van der Waals surface area (Å²) in [5, 5.41) is 7.88. The van der Waals surface area contributed by atoms with Crippen LogP contribution in [0.25, 0.3) is 11.0 Å². The first kappa shape index (κ1) is 8.68. The van der Waals surface area contributed by atoms with Gasteiger partial charge in [0, 0.05) is 6.42 Å². The molecule has 0 unspecified atom stereocenters. The molecule has 1 aromatic carbocycles. The number of primary amides is 1. The smallest absolute Gasteiger partial charge is 0.219 e. The third kappa shape index (κ3) is 1.56. The molecule has 2 rings (SSSR count). The minimum atomic E-state index is -0.329. The van der Waals surface area contributed by atoms with E-state index in [1.54, 1.807) is 4.68 Å². The van der Waals surface area contributed by atoms with Crippen molar-refractivity contribution < 1.29 is 4.79 Å². The second-order valence-corrected chi connectivity index (χ2v) is 3.02. The first-order chi connectivity index (χ1) is 6.77. The van der Waals surface area contributed by atoms with E-state index in [0.717, 1.165) is 11.0 Å². The molecule has 0 aliphatic heterocycles. The van der Waals surface area contributed by atoms with Crippen molar-refractivity contribution in [3.05, 3.63) is 24.3 Å². The highest BCUT2D eigenvalue weighted by molar-refractivity contribution is 5.75. The molecule has 1 heterocycles. The van der Waals surface area contributed by atoms with Crippen LogP contribution in [0.5, 0.6) is 0 Å². The summed E-state index contributed by atoms with van der Waals surface area (Å²) in [5.41, 5.74) is 6.81. The third-order valence-corrected chi connectivity index (χ3v) is 1.99. The van der Waals surface area contributed by atoms with Crippen molar-refractivity contribution in [3.8, 4) is 0 Å². The van der Waals surface area contributed by atoms with Crippen LogP contribution in [-0.2, 0) is 11.3 Å². The number of carbonyl (C=O) groups is 1. The normalized spacial score (nSPS) is 10.6. The summed E-state index contributed by atoms with van der Waals surface area (Å²) in [7, 11) is 0. The predicted octanol–water partition coefficient (Wildman–Crippen LogP) is 0.307. The number of hydrogen-bond acceptors (Lipinski definition) is 3. The summed E-state index contributed by atoms with van der Waals surface area (Å²) >= 11 is 0. The van der Waals surface area contributed by atoms with E-state index in [2.05, 4.69) is 10.3 Å². The lowest BCUT2D eigenvalue weighted by molar-refractivity contribution is -0.118. The maximum atomic E-state index is 10.6. The molecule has 2 aromatic rings. The lowest BCUT2D eigenvalue weighted by atomic mass is 10.3. The molecule has 0 bridgehead atoms. The zero-order valence-electron chi connectivity index (χ0n) is 7.55. The van der Waals surface area contributed by atoms with E-state index in [0.29, 0.717) is 6.54 Å². The van der Waals surface area contributed by atoms with Gasteiger partial charge < -0.3 is 5.73 Å². The number of amides is 1. The summed E-state index contributed by atoms with van der Waals surface area (Å²) in [6.07, 6.45) is 0.285. The summed E-state index contributed by atoms with van der Waals surface area (Å²) in [6.45, 7) is 0.482. The molecule has 0 radical (unpaired) electrons. The second-order valence-electron chi connectivity index (χ2n) is 3.02. The average molecular weight is 190 g/mol. The van der Waals surface area contributed by atoms with Gasteiger partial charge in [-0.1, -0.05) is 17.3 Å². The van der Waals surface area contributed by atoms with E-state index in [4.69, 9.17) is 5.73 Å². The molecule has 0 saturated heterocycles. The van der Waals surface area contributed by atoms with Crippen LogP contribution in [0.2, 0.25) is 0 Å². The Morgan fingerprint density at radius 2 is 2.21 bits per heavy atom. The minimum absolute atomic E-state index is 0.285. The van der Waals surface area contributed by atoms with E-state index in [-0.39, 0.29) is 12.3 Å². The maximum Gasteiger partial charge on any atom is 0.219 e. The number of rotatable bonds is 3. The number of aromatic nitrogens is 3. The van der Waals surface area contributed by atoms with Gasteiger partial charge in [0.2, 0.25) is 5.91 Å². The Labute approximate surface area is 80.5 Å². The number of fused-ring (bicyclic) bond motifs is 1. The third-order valence-electron chi connectivity index (χ3n) is 1.99. The van der Waals surface area contributed by atoms with E-state index >= 15 is 0 Å². The van der Waals surface area contributed by atoms with Crippen molar-refractivity contribution in [2.75, 3.05) is 0 Å². The molecule has 72 valence electrons. The van der Waals surface area contributed by atoms with Gasteiger partial charge in [-0.05, 0) is 12.1 Å². The van der Waals surface area contributed by atoms with Gasteiger partial charge in [0.1, 0.15) is 5.52 Å². The first-order valence-electron chi connectivity index (χ1n) is 4.34. The highest BCUT2D eigenvalue weighted by Crippen LogP contribution is 2.09. The molecule has 2 N–H and O–H groups in total. The highest BCUT2D eigenvalue weighted by Gasteiger charge is 2.03. The topological polar surface area (TPSA) is 73.8 Å². The van der Waals surface area contributed by atoms with Crippen LogP contribution in [0.1, 0.15) is 6.42 Å². The molecule has 0 aliphatic carbocycles. The molecule has 0 saturated carbocycles. The first-order valence-corrected chi connectivity index (χ1v) is 4.34. The van der Waals surface area contributed by atoms with Crippen molar-refractivity contribution in [3.63, 3.8) is 0 Å². The number of benzene rings is 1. The Morgan fingerprint density at radius 1 is 1.43 bits per heavy atom. The molecule has 14 heavy (non-hydrogen) atoms. The van der Waals surface area contributed by atoms with Crippen molar-refractivity contribution >= 4 is 16.9 Å². The average Bonchev–Trinajstić information content (AvgIpc) is 2.58. The molecular formula is C9H10N4O. The standard InChI is InChI=1S/C9H10N4O/c10-9(14)5-6-13-8-4-2-1-3-7(8)11-12-13/h1-4H,5-6H2,(H2,10,14). The number of aryl methyl sites for hydroxylation is 1. The molecular weight excluding hydrogens is 180 g/mol. The zero-order chi connectivity index (χ0) is 9.97. The zero-order valence-corrected chi connectivity index (χ0v) is 7.55. The van der Waals surface area contributed by atoms with Crippen LogP contribution in [0.15, 0.2) is 24.3 Å². The Hall–Kier alpha value is -1.91. The molecule has 1 amide bonds. The minimum Gasteiger partial charge on any atom is -0.370 e. The van der Waals surface area contributed by atoms with Crippen LogP contribution in [0.3, 0.4) is 0 Å². The summed E-state index contributed by atoms with van der Waals surface area (Å²) < 4.78 is 1.68. The van der Waals surface area contributed by atoms with Gasteiger partial charge in [-0.3, -0.25) is 4.79 Å². The van der Waals surface area contributed by atoms with E-state index in [9.17, 15) is 4.79 Å². The maximum absolute atomic E-state index is 10.6. The second kappa shape index (κ2) is 3.45. The largest absolute Gasteiger partial charge is 0.370 e. The number of nitrogens with zero attached hydrogens (tertiary/aromatic N) is 3. The number of carbonyl (C=O) groups excluding carboxylic acids is 1. The van der Waals surface area contributed by atoms with Crippen LogP contribution >= 0.6 is 0 Å². The van der Waals surface area contributed by atoms with Crippen molar-refractivity contribution in [2.45, 2.75) is 13.0 Å². The fraction of sp³-hybridized carbons (Fsp3) is 0.222. The molecule has 0 aliphatic rings. The quantitative estimate of drug-likeness (QED) is 0.756. The van der Waals surface area contributed by atoms with Crippen LogP contribution < -0.4 is 5.73 Å². The number of para-hydroxylation sites is 1. The summed E-state index contributed by atoms with van der Waals surface area (Å²) in [6, 6.07) is 7.60. The fourth-order valence-electron chi connectivity index (χ4n) is 1.30. The number of hydrogen-bond donors (Lipinski definition) is 1. The summed E-state index contributed by atoms with van der Waals surface area (Å²) in [4.78, 5) is 10.6. The Kier molecular flexibility index (Phi) is 2.14. The predicted molar refractivity (Wildman–Crippen MR) is 51.3 cm³/mol. The van der Waals surface area contributed by atoms with Crippen LogP contribution in [-0.4, -0.2) is 20.9 Å². The Morgan fingerprint density at radius 3 is 3.00 bits per heavy atom. The monoisotopic (exact) mass is 190 g/mol. The SMILES string of the molecule is NC(=O)CCn1nnc2ccccc21. The Balaban J connectivity index is 2.29. The van der Waals surface area contributed by atoms with Crippen molar-refractivity contribution in [1.82, 2.24) is 15.0 Å². The molecule has 0 fully saturated rings. The van der Waals surface area contributed by atoms with Gasteiger partial charge in [0.15, 0.2) is 0 Å². The van der Waals surface area contributed by atoms with Crippen molar-refractivity contribution in [1.29, 1.82) is 0 Å². The van der Waals surface area contributed by atoms with Crippen LogP contribution in [0, 0.1) is 0 Å². The molecule has 0 spiro atoms.